The van der Waals surface area contributed by atoms with Gasteiger partial charge in [0.05, 0.1) is 11.4 Å². The first-order valence-corrected chi connectivity index (χ1v) is 9.99. The van der Waals surface area contributed by atoms with Crippen molar-refractivity contribution in [1.29, 1.82) is 0 Å². The summed E-state index contributed by atoms with van der Waals surface area (Å²) in [4.78, 5) is 12.7. The lowest BCUT2D eigenvalue weighted by Gasteiger charge is -2.15. The zero-order valence-corrected chi connectivity index (χ0v) is 17.1. The predicted molar refractivity (Wildman–Crippen MR) is 112 cm³/mol. The van der Waals surface area contributed by atoms with Gasteiger partial charge >= 0.3 is 0 Å². The molecule has 0 unspecified atom stereocenters. The van der Waals surface area contributed by atoms with Gasteiger partial charge in [-0.3, -0.25) is 9.36 Å². The molecule has 3 aromatic rings. The Labute approximate surface area is 168 Å². The fraction of sp³-hybridized carbons (Fsp3) is 0.300. The lowest BCUT2D eigenvalue weighted by atomic mass is 10.2. The van der Waals surface area contributed by atoms with Crippen LogP contribution in [0.2, 0.25) is 0 Å². The molecule has 28 heavy (non-hydrogen) atoms. The summed E-state index contributed by atoms with van der Waals surface area (Å²) < 4.78 is 3.75. The summed E-state index contributed by atoms with van der Waals surface area (Å²) >= 11 is 1.37. The van der Waals surface area contributed by atoms with Gasteiger partial charge in [-0.05, 0) is 20.8 Å². The van der Waals surface area contributed by atoms with Crippen LogP contribution in [-0.4, -0.2) is 35.7 Å². The van der Waals surface area contributed by atoms with Gasteiger partial charge in [-0.1, -0.05) is 48.2 Å². The maximum atomic E-state index is 12.7. The molecule has 2 aromatic heterocycles. The second kappa shape index (κ2) is 8.88. The standard InChI is InChI=1S/C20H24N6OS/c1-5-13-25-18(16-9-7-6-8-10-16)23-24-20(25)28-15(4)19(27)22-17-11-12-21-26(17)14(2)3/h5-12,14-15H,1,13H2,2-4H3,(H,22,27)/t15-/m1/s1. The number of anilines is 1. The van der Waals surface area contributed by atoms with Crippen LogP contribution in [0.25, 0.3) is 11.4 Å². The molecule has 0 radical (unpaired) electrons. The highest BCUT2D eigenvalue weighted by Gasteiger charge is 2.21. The van der Waals surface area contributed by atoms with E-state index < -0.39 is 0 Å². The Kier molecular flexibility index (Phi) is 6.30. The first-order chi connectivity index (χ1) is 13.5. The molecule has 0 bridgehead atoms. The topological polar surface area (TPSA) is 77.6 Å². The molecule has 1 amide bonds. The van der Waals surface area contributed by atoms with E-state index in [2.05, 4.69) is 27.2 Å². The first-order valence-electron chi connectivity index (χ1n) is 9.11. The third-order valence-electron chi connectivity index (χ3n) is 4.12. The van der Waals surface area contributed by atoms with E-state index in [0.29, 0.717) is 17.5 Å². The van der Waals surface area contributed by atoms with Gasteiger partial charge in [-0.25, -0.2) is 4.68 Å². The summed E-state index contributed by atoms with van der Waals surface area (Å²) in [6, 6.07) is 11.8. The molecule has 2 heterocycles. The lowest BCUT2D eigenvalue weighted by molar-refractivity contribution is -0.115. The zero-order valence-electron chi connectivity index (χ0n) is 16.2. The van der Waals surface area contributed by atoms with Crippen molar-refractivity contribution in [3.63, 3.8) is 0 Å². The molecule has 0 aliphatic rings. The van der Waals surface area contributed by atoms with Gasteiger partial charge in [-0.15, -0.1) is 16.8 Å². The maximum absolute atomic E-state index is 12.7. The fourth-order valence-electron chi connectivity index (χ4n) is 2.73. The monoisotopic (exact) mass is 396 g/mol. The smallest absolute Gasteiger partial charge is 0.238 e. The highest BCUT2D eigenvalue weighted by molar-refractivity contribution is 8.00. The molecule has 0 saturated carbocycles. The number of carbonyl (C=O) groups excluding carboxylic acids is 1. The molecule has 0 aliphatic carbocycles. The molecular weight excluding hydrogens is 372 g/mol. The lowest BCUT2D eigenvalue weighted by Crippen LogP contribution is -2.25. The molecule has 0 saturated heterocycles. The van der Waals surface area contributed by atoms with E-state index in [0.717, 1.165) is 11.4 Å². The van der Waals surface area contributed by atoms with Gasteiger partial charge < -0.3 is 5.32 Å². The number of rotatable bonds is 8. The molecule has 7 nitrogen and oxygen atoms in total. The average Bonchev–Trinajstić information content (AvgIpc) is 3.30. The zero-order chi connectivity index (χ0) is 20.1. The van der Waals surface area contributed by atoms with Crippen LogP contribution in [0.1, 0.15) is 26.8 Å². The largest absolute Gasteiger partial charge is 0.310 e. The Morgan fingerprint density at radius 1 is 1.21 bits per heavy atom. The Morgan fingerprint density at radius 2 is 1.96 bits per heavy atom. The van der Waals surface area contributed by atoms with E-state index in [1.165, 1.54) is 11.8 Å². The number of carbonyl (C=O) groups is 1. The maximum Gasteiger partial charge on any atom is 0.238 e. The SMILES string of the molecule is C=CCn1c(S[C@H](C)C(=O)Nc2ccnn2C(C)C)nnc1-c1ccccc1. The third kappa shape index (κ3) is 4.33. The summed E-state index contributed by atoms with van der Waals surface area (Å²) in [5.74, 6) is 1.33. The molecule has 8 heteroatoms. The van der Waals surface area contributed by atoms with Crippen molar-refractivity contribution in [3.05, 3.63) is 55.3 Å². The summed E-state index contributed by atoms with van der Waals surface area (Å²) in [5, 5.41) is 16.2. The molecule has 1 N–H and O–H groups in total. The van der Waals surface area contributed by atoms with Crippen molar-refractivity contribution < 1.29 is 4.79 Å². The van der Waals surface area contributed by atoms with Crippen LogP contribution >= 0.6 is 11.8 Å². The van der Waals surface area contributed by atoms with Gasteiger partial charge in [0.25, 0.3) is 0 Å². The molecule has 1 atom stereocenters. The van der Waals surface area contributed by atoms with Crippen molar-refractivity contribution in [1.82, 2.24) is 24.5 Å². The second-order valence-corrected chi connectivity index (χ2v) is 7.88. The average molecular weight is 397 g/mol. The minimum Gasteiger partial charge on any atom is -0.310 e. The van der Waals surface area contributed by atoms with Gasteiger partial charge in [0.2, 0.25) is 5.91 Å². The number of thioether (sulfide) groups is 1. The van der Waals surface area contributed by atoms with Crippen LogP contribution < -0.4 is 5.32 Å². The minimum absolute atomic E-state index is 0.109. The van der Waals surface area contributed by atoms with Crippen LogP contribution in [0.15, 0.2) is 60.4 Å². The van der Waals surface area contributed by atoms with Crippen LogP contribution in [-0.2, 0) is 11.3 Å². The van der Waals surface area contributed by atoms with Crippen molar-refractivity contribution >= 4 is 23.5 Å². The van der Waals surface area contributed by atoms with Crippen molar-refractivity contribution in [3.8, 4) is 11.4 Å². The predicted octanol–water partition coefficient (Wildman–Crippen LogP) is 4.03. The van der Waals surface area contributed by atoms with Crippen LogP contribution in [0.5, 0.6) is 0 Å². The molecule has 3 rings (SSSR count). The third-order valence-corrected chi connectivity index (χ3v) is 5.20. The van der Waals surface area contributed by atoms with Crippen molar-refractivity contribution in [2.24, 2.45) is 0 Å². The Bertz CT molecular complexity index is 947. The molecule has 1 aromatic carbocycles. The fourth-order valence-corrected chi connectivity index (χ4v) is 3.59. The summed E-state index contributed by atoms with van der Waals surface area (Å²) in [5.41, 5.74) is 0.974. The molecule has 0 spiro atoms. The Morgan fingerprint density at radius 3 is 2.64 bits per heavy atom. The highest BCUT2D eigenvalue weighted by atomic mass is 32.2. The Hall–Kier alpha value is -2.87. The Balaban J connectivity index is 1.77. The van der Waals surface area contributed by atoms with E-state index in [4.69, 9.17) is 0 Å². The highest BCUT2D eigenvalue weighted by Crippen LogP contribution is 2.27. The molecular formula is C20H24N6OS. The number of nitrogens with one attached hydrogen (secondary N) is 1. The summed E-state index contributed by atoms with van der Waals surface area (Å²) in [7, 11) is 0. The number of hydrogen-bond acceptors (Lipinski definition) is 5. The van der Waals surface area contributed by atoms with Crippen LogP contribution in [0.4, 0.5) is 5.82 Å². The van der Waals surface area contributed by atoms with Crippen LogP contribution in [0.3, 0.4) is 0 Å². The first kappa shape index (κ1) is 19.9. The number of allylic oxidation sites excluding steroid dienone is 1. The van der Waals surface area contributed by atoms with E-state index in [1.54, 1.807) is 23.0 Å². The number of benzene rings is 1. The van der Waals surface area contributed by atoms with Gasteiger partial charge in [0.1, 0.15) is 5.82 Å². The van der Waals surface area contributed by atoms with E-state index in [9.17, 15) is 4.79 Å². The normalized spacial score (nSPS) is 12.1. The second-order valence-electron chi connectivity index (χ2n) is 6.58. The number of nitrogens with zero attached hydrogens (tertiary/aromatic N) is 5. The van der Waals surface area contributed by atoms with Crippen molar-refractivity contribution in [2.45, 2.75) is 43.8 Å². The number of hydrogen-bond donors (Lipinski definition) is 1. The van der Waals surface area contributed by atoms with E-state index in [-0.39, 0.29) is 17.2 Å². The quantitative estimate of drug-likeness (QED) is 0.459. The van der Waals surface area contributed by atoms with E-state index >= 15 is 0 Å². The summed E-state index contributed by atoms with van der Waals surface area (Å²) in [6.45, 7) is 10.3. The van der Waals surface area contributed by atoms with Gasteiger partial charge in [0, 0.05) is 24.2 Å². The number of aromatic nitrogens is 5. The van der Waals surface area contributed by atoms with Gasteiger partial charge in [-0.2, -0.15) is 5.10 Å². The molecule has 0 aliphatic heterocycles. The van der Waals surface area contributed by atoms with Gasteiger partial charge in [0.15, 0.2) is 11.0 Å². The van der Waals surface area contributed by atoms with Crippen LogP contribution in [0, 0.1) is 0 Å². The van der Waals surface area contributed by atoms with E-state index in [1.807, 2.05) is 55.7 Å². The summed E-state index contributed by atoms with van der Waals surface area (Å²) in [6.07, 6.45) is 3.48. The minimum atomic E-state index is -0.355. The molecule has 146 valence electrons. The molecule has 0 fully saturated rings. The van der Waals surface area contributed by atoms with Crippen molar-refractivity contribution in [2.75, 3.05) is 5.32 Å². The number of amides is 1.